The molecular weight excluding hydrogens is 264 g/mol. The van der Waals surface area contributed by atoms with E-state index in [1.165, 1.54) is 4.88 Å². The maximum atomic E-state index is 5.11. The topological polar surface area (TPSA) is 52.7 Å². The Balaban J connectivity index is 1.91. The molecule has 2 rings (SSSR count). The first kappa shape index (κ1) is 13.0. The van der Waals surface area contributed by atoms with Crippen LogP contribution in [-0.2, 0) is 6.42 Å². The molecule has 0 aliphatic heterocycles. The SMILES string of the molecule is CCNC(=S)NCCc1[nH]cnc1-c1cccs1. The smallest absolute Gasteiger partial charge is 0.166 e. The molecule has 0 unspecified atom stereocenters. The molecule has 2 heterocycles. The number of hydrogen-bond acceptors (Lipinski definition) is 3. The summed E-state index contributed by atoms with van der Waals surface area (Å²) in [6, 6.07) is 4.12. The maximum absolute atomic E-state index is 5.11. The van der Waals surface area contributed by atoms with E-state index >= 15 is 0 Å². The number of nitrogens with zero attached hydrogens (tertiary/aromatic N) is 1. The van der Waals surface area contributed by atoms with Gasteiger partial charge in [0.2, 0.25) is 0 Å². The first-order valence-corrected chi connectivity index (χ1v) is 7.18. The Labute approximate surface area is 116 Å². The molecule has 96 valence electrons. The second-order valence-corrected chi connectivity index (χ2v) is 5.10. The van der Waals surface area contributed by atoms with Crippen LogP contribution < -0.4 is 10.6 Å². The van der Waals surface area contributed by atoms with Crippen LogP contribution in [0.3, 0.4) is 0 Å². The van der Waals surface area contributed by atoms with Crippen LogP contribution in [0.15, 0.2) is 23.8 Å². The highest BCUT2D eigenvalue weighted by Gasteiger charge is 2.08. The van der Waals surface area contributed by atoms with E-state index in [0.717, 1.165) is 30.9 Å². The van der Waals surface area contributed by atoms with Gasteiger partial charge < -0.3 is 15.6 Å². The summed E-state index contributed by atoms with van der Waals surface area (Å²) in [6.45, 7) is 3.67. The minimum absolute atomic E-state index is 0.703. The Bertz CT molecular complexity index is 490. The Kier molecular flexibility index (Phi) is 4.72. The van der Waals surface area contributed by atoms with Crippen molar-refractivity contribution in [1.82, 2.24) is 20.6 Å². The first-order chi connectivity index (χ1) is 8.81. The standard InChI is InChI=1S/C12H16N4S2/c1-2-13-12(17)14-6-5-9-11(16-8-15-9)10-4-3-7-18-10/h3-4,7-8H,2,5-6H2,1H3,(H,15,16)(H2,13,14,17). The molecule has 0 radical (unpaired) electrons. The van der Waals surface area contributed by atoms with E-state index in [1.807, 2.05) is 13.0 Å². The quantitative estimate of drug-likeness (QED) is 0.735. The Morgan fingerprint density at radius 2 is 2.39 bits per heavy atom. The summed E-state index contributed by atoms with van der Waals surface area (Å²) in [4.78, 5) is 8.76. The molecule has 3 N–H and O–H groups in total. The molecule has 0 bridgehead atoms. The zero-order valence-electron chi connectivity index (χ0n) is 10.2. The van der Waals surface area contributed by atoms with Crippen molar-refractivity contribution in [2.45, 2.75) is 13.3 Å². The van der Waals surface area contributed by atoms with Crippen molar-refractivity contribution in [1.29, 1.82) is 0 Å². The third-order valence-electron chi connectivity index (χ3n) is 2.47. The van der Waals surface area contributed by atoms with E-state index in [4.69, 9.17) is 12.2 Å². The van der Waals surface area contributed by atoms with Gasteiger partial charge in [-0.05, 0) is 30.6 Å². The highest BCUT2D eigenvalue weighted by atomic mass is 32.1. The van der Waals surface area contributed by atoms with E-state index < -0.39 is 0 Å². The summed E-state index contributed by atoms with van der Waals surface area (Å²) in [5.41, 5.74) is 2.19. The number of aromatic nitrogens is 2. The van der Waals surface area contributed by atoms with Gasteiger partial charge in [0.15, 0.2) is 5.11 Å². The zero-order chi connectivity index (χ0) is 12.8. The van der Waals surface area contributed by atoms with Crippen molar-refractivity contribution in [2.24, 2.45) is 0 Å². The van der Waals surface area contributed by atoms with E-state index in [0.29, 0.717) is 5.11 Å². The molecule has 6 heteroatoms. The van der Waals surface area contributed by atoms with Crippen LogP contribution >= 0.6 is 23.6 Å². The summed E-state index contributed by atoms with van der Waals surface area (Å²) in [5, 5.41) is 9.00. The molecule has 0 spiro atoms. The van der Waals surface area contributed by atoms with Crippen LogP contribution in [0, 0.1) is 0 Å². The number of thiocarbonyl (C=S) groups is 1. The normalized spacial score (nSPS) is 10.3. The monoisotopic (exact) mass is 280 g/mol. The lowest BCUT2D eigenvalue weighted by Gasteiger charge is -2.08. The molecule has 0 aromatic carbocycles. The highest BCUT2D eigenvalue weighted by Crippen LogP contribution is 2.25. The zero-order valence-corrected chi connectivity index (χ0v) is 11.8. The van der Waals surface area contributed by atoms with Gasteiger partial charge in [-0.25, -0.2) is 4.98 Å². The number of H-pyrrole nitrogens is 1. The molecule has 0 aliphatic rings. The lowest BCUT2D eigenvalue weighted by molar-refractivity contribution is 0.818. The largest absolute Gasteiger partial charge is 0.363 e. The maximum Gasteiger partial charge on any atom is 0.166 e. The van der Waals surface area contributed by atoms with Crippen molar-refractivity contribution in [2.75, 3.05) is 13.1 Å². The summed E-state index contributed by atoms with van der Waals surface area (Å²) in [6.07, 6.45) is 2.62. The Hall–Kier alpha value is -1.40. The molecule has 0 atom stereocenters. The lowest BCUT2D eigenvalue weighted by Crippen LogP contribution is -2.36. The van der Waals surface area contributed by atoms with E-state index in [9.17, 15) is 0 Å². The molecule has 18 heavy (non-hydrogen) atoms. The van der Waals surface area contributed by atoms with Crippen LogP contribution in [-0.4, -0.2) is 28.2 Å². The predicted octanol–water partition coefficient (Wildman–Crippen LogP) is 2.16. The molecule has 0 aliphatic carbocycles. The van der Waals surface area contributed by atoms with Crippen molar-refractivity contribution >= 4 is 28.7 Å². The van der Waals surface area contributed by atoms with Gasteiger partial charge in [0.1, 0.15) is 5.69 Å². The number of rotatable bonds is 5. The van der Waals surface area contributed by atoms with Gasteiger partial charge >= 0.3 is 0 Å². The van der Waals surface area contributed by atoms with Crippen molar-refractivity contribution < 1.29 is 0 Å². The van der Waals surface area contributed by atoms with Crippen LogP contribution in [0.2, 0.25) is 0 Å². The van der Waals surface area contributed by atoms with Crippen molar-refractivity contribution in [3.8, 4) is 10.6 Å². The molecular formula is C12H16N4S2. The van der Waals surface area contributed by atoms with E-state index in [2.05, 4.69) is 32.0 Å². The van der Waals surface area contributed by atoms with Gasteiger partial charge in [-0.1, -0.05) is 6.07 Å². The van der Waals surface area contributed by atoms with E-state index in [1.54, 1.807) is 17.7 Å². The van der Waals surface area contributed by atoms with Crippen LogP contribution in [0.1, 0.15) is 12.6 Å². The predicted molar refractivity (Wildman–Crippen MR) is 79.9 cm³/mol. The molecule has 2 aromatic heterocycles. The van der Waals surface area contributed by atoms with Crippen LogP contribution in [0.25, 0.3) is 10.6 Å². The minimum atomic E-state index is 0.703. The Morgan fingerprint density at radius 3 is 3.11 bits per heavy atom. The summed E-state index contributed by atoms with van der Waals surface area (Å²) < 4.78 is 0. The molecule has 0 saturated heterocycles. The molecule has 0 saturated carbocycles. The number of hydrogen-bond donors (Lipinski definition) is 3. The third-order valence-corrected chi connectivity index (χ3v) is 3.64. The number of aromatic amines is 1. The summed E-state index contributed by atoms with van der Waals surface area (Å²) in [5.74, 6) is 0. The second kappa shape index (κ2) is 6.51. The van der Waals surface area contributed by atoms with Crippen LogP contribution in [0.5, 0.6) is 0 Å². The minimum Gasteiger partial charge on any atom is -0.363 e. The molecule has 0 fully saturated rings. The fourth-order valence-corrected chi connectivity index (χ4v) is 2.66. The number of imidazole rings is 1. The average Bonchev–Trinajstić information content (AvgIpc) is 2.98. The number of thiophene rings is 1. The van der Waals surface area contributed by atoms with Gasteiger partial charge in [-0.3, -0.25) is 0 Å². The van der Waals surface area contributed by atoms with Gasteiger partial charge in [0.05, 0.1) is 11.2 Å². The highest BCUT2D eigenvalue weighted by molar-refractivity contribution is 7.80. The van der Waals surface area contributed by atoms with Crippen molar-refractivity contribution in [3.63, 3.8) is 0 Å². The van der Waals surface area contributed by atoms with Gasteiger partial charge in [0.25, 0.3) is 0 Å². The Morgan fingerprint density at radius 1 is 1.50 bits per heavy atom. The van der Waals surface area contributed by atoms with Gasteiger partial charge in [0, 0.05) is 25.2 Å². The second-order valence-electron chi connectivity index (χ2n) is 3.74. The fourth-order valence-electron chi connectivity index (χ4n) is 1.66. The number of nitrogens with one attached hydrogen (secondary N) is 3. The fraction of sp³-hybridized carbons (Fsp3) is 0.333. The molecule has 2 aromatic rings. The summed E-state index contributed by atoms with van der Waals surface area (Å²) >= 11 is 6.82. The van der Waals surface area contributed by atoms with Gasteiger partial charge in [-0.2, -0.15) is 0 Å². The molecule has 0 amide bonds. The van der Waals surface area contributed by atoms with Gasteiger partial charge in [-0.15, -0.1) is 11.3 Å². The molecule has 4 nitrogen and oxygen atoms in total. The average molecular weight is 280 g/mol. The third kappa shape index (κ3) is 3.30. The first-order valence-electron chi connectivity index (χ1n) is 5.89. The van der Waals surface area contributed by atoms with E-state index in [-0.39, 0.29) is 0 Å². The lowest BCUT2D eigenvalue weighted by atomic mass is 10.2. The van der Waals surface area contributed by atoms with Crippen LogP contribution in [0.4, 0.5) is 0 Å². The van der Waals surface area contributed by atoms with Crippen molar-refractivity contribution in [3.05, 3.63) is 29.5 Å². The summed E-state index contributed by atoms with van der Waals surface area (Å²) in [7, 11) is 0.